The molecule has 0 bridgehead atoms. The van der Waals surface area contributed by atoms with E-state index >= 15 is 0 Å². The van der Waals surface area contributed by atoms with Gasteiger partial charge in [0.05, 0.1) is 14.2 Å². The topological polar surface area (TPSA) is 94.2 Å². The summed E-state index contributed by atoms with van der Waals surface area (Å²) in [4.78, 5) is 38.4. The van der Waals surface area contributed by atoms with Crippen molar-refractivity contribution in [2.24, 2.45) is 0 Å². The van der Waals surface area contributed by atoms with Crippen molar-refractivity contribution in [3.8, 4) is 5.75 Å². The summed E-state index contributed by atoms with van der Waals surface area (Å²) in [7, 11) is 2.81. The Morgan fingerprint density at radius 1 is 1.17 bits per heavy atom. The fraction of sp³-hybridized carbons (Fsp3) is 0.500. The molecule has 0 aliphatic rings. The second-order valence-electron chi connectivity index (χ2n) is 7.67. The predicted octanol–water partition coefficient (Wildman–Crippen LogP) is 3.06. The molecule has 2 amide bonds. The van der Waals surface area contributed by atoms with Crippen LogP contribution in [0.15, 0.2) is 36.9 Å². The van der Waals surface area contributed by atoms with E-state index in [1.807, 2.05) is 24.3 Å². The van der Waals surface area contributed by atoms with Gasteiger partial charge in [0.2, 0.25) is 5.91 Å². The van der Waals surface area contributed by atoms with Crippen LogP contribution in [-0.2, 0) is 25.6 Å². The van der Waals surface area contributed by atoms with Gasteiger partial charge in [-0.1, -0.05) is 18.2 Å². The number of carbonyl (C=O) groups is 3. The van der Waals surface area contributed by atoms with Crippen LogP contribution in [0.25, 0.3) is 0 Å². The Morgan fingerprint density at radius 2 is 1.80 bits per heavy atom. The van der Waals surface area contributed by atoms with E-state index in [2.05, 4.69) is 11.9 Å². The number of hydrogen-bond acceptors (Lipinski definition) is 6. The van der Waals surface area contributed by atoms with Gasteiger partial charge in [-0.25, -0.2) is 9.59 Å². The molecular formula is C22H32N2O6. The average Bonchev–Trinajstić information content (AvgIpc) is 2.69. The lowest BCUT2D eigenvalue weighted by atomic mass is 10.1. The van der Waals surface area contributed by atoms with Gasteiger partial charge in [0.1, 0.15) is 17.4 Å². The van der Waals surface area contributed by atoms with Crippen molar-refractivity contribution >= 4 is 18.0 Å². The molecule has 1 aromatic carbocycles. The smallest absolute Gasteiger partial charge is 0.408 e. The maximum Gasteiger partial charge on any atom is 0.408 e. The highest BCUT2D eigenvalue weighted by atomic mass is 16.6. The zero-order valence-electron chi connectivity index (χ0n) is 18.4. The van der Waals surface area contributed by atoms with E-state index in [1.54, 1.807) is 38.9 Å². The molecular weight excluding hydrogens is 388 g/mol. The molecule has 0 aliphatic carbocycles. The molecule has 0 radical (unpaired) electrons. The highest BCUT2D eigenvalue weighted by Gasteiger charge is 2.26. The molecule has 0 heterocycles. The highest BCUT2D eigenvalue weighted by molar-refractivity contribution is 5.83. The number of ether oxygens (including phenoxy) is 3. The van der Waals surface area contributed by atoms with E-state index in [0.29, 0.717) is 13.1 Å². The van der Waals surface area contributed by atoms with Crippen LogP contribution in [0.3, 0.4) is 0 Å². The normalized spacial score (nSPS) is 11.8. The monoisotopic (exact) mass is 420 g/mol. The molecule has 166 valence electrons. The zero-order valence-corrected chi connectivity index (χ0v) is 18.4. The molecule has 0 aliphatic heterocycles. The van der Waals surface area contributed by atoms with Crippen molar-refractivity contribution in [1.82, 2.24) is 10.2 Å². The lowest BCUT2D eigenvalue weighted by Gasteiger charge is -2.24. The second kappa shape index (κ2) is 11.8. The first-order valence-corrected chi connectivity index (χ1v) is 9.68. The number of rotatable bonds is 10. The van der Waals surface area contributed by atoms with Crippen molar-refractivity contribution in [2.75, 3.05) is 20.8 Å². The Morgan fingerprint density at radius 3 is 2.30 bits per heavy atom. The number of carbonyl (C=O) groups excluding carboxylic acids is 3. The number of alkyl carbamates (subject to hydrolysis) is 1. The summed E-state index contributed by atoms with van der Waals surface area (Å²) in [6.45, 7) is 9.59. The molecule has 1 atom stereocenters. The number of hydrogen-bond donors (Lipinski definition) is 1. The molecule has 0 saturated carbocycles. The highest BCUT2D eigenvalue weighted by Crippen LogP contribution is 2.15. The van der Waals surface area contributed by atoms with Crippen LogP contribution in [-0.4, -0.2) is 55.3 Å². The Bertz CT molecular complexity index is 724. The van der Waals surface area contributed by atoms with Crippen molar-refractivity contribution < 1.29 is 28.6 Å². The maximum absolute atomic E-state index is 12.7. The van der Waals surface area contributed by atoms with Crippen LogP contribution in [0.1, 0.15) is 39.2 Å². The van der Waals surface area contributed by atoms with Gasteiger partial charge in [0.25, 0.3) is 0 Å². The van der Waals surface area contributed by atoms with E-state index in [4.69, 9.17) is 14.2 Å². The van der Waals surface area contributed by atoms with E-state index in [1.165, 1.54) is 7.11 Å². The molecule has 1 rings (SSSR count). The summed E-state index contributed by atoms with van der Waals surface area (Å²) in [6, 6.07) is 6.42. The predicted molar refractivity (Wildman–Crippen MR) is 113 cm³/mol. The quantitative estimate of drug-likeness (QED) is 0.462. The second-order valence-corrected chi connectivity index (χ2v) is 7.67. The molecule has 0 aromatic heterocycles. The number of nitrogens with zero attached hydrogens (tertiary/aromatic N) is 1. The van der Waals surface area contributed by atoms with Crippen LogP contribution >= 0.6 is 0 Å². The lowest BCUT2D eigenvalue weighted by Crippen LogP contribution is -2.44. The van der Waals surface area contributed by atoms with Crippen molar-refractivity contribution in [1.29, 1.82) is 0 Å². The van der Waals surface area contributed by atoms with Crippen molar-refractivity contribution in [3.63, 3.8) is 0 Å². The van der Waals surface area contributed by atoms with Crippen LogP contribution in [0, 0.1) is 0 Å². The fourth-order valence-corrected chi connectivity index (χ4v) is 2.63. The third-order valence-corrected chi connectivity index (χ3v) is 4.06. The van der Waals surface area contributed by atoms with Gasteiger partial charge in [-0.15, -0.1) is 6.58 Å². The van der Waals surface area contributed by atoms with Gasteiger partial charge in [-0.3, -0.25) is 4.79 Å². The third kappa shape index (κ3) is 8.98. The summed E-state index contributed by atoms with van der Waals surface area (Å²) in [6.07, 6.45) is 1.02. The lowest BCUT2D eigenvalue weighted by molar-refractivity contribution is -0.143. The van der Waals surface area contributed by atoms with Crippen LogP contribution < -0.4 is 10.1 Å². The molecule has 30 heavy (non-hydrogen) atoms. The Kier molecular flexibility index (Phi) is 9.88. The van der Waals surface area contributed by atoms with Gasteiger partial charge >= 0.3 is 12.1 Å². The standard InChI is InChI=1S/C22H32N2O6/c1-7-14-24(15-16-8-10-17(28-5)11-9-16)19(25)13-12-18(20(26)29-6)23-21(27)30-22(2,3)4/h7-11,18H,1,12-15H2,2-6H3,(H,23,27)/t18-/m0/s1. The van der Waals surface area contributed by atoms with Gasteiger partial charge < -0.3 is 24.4 Å². The summed E-state index contributed by atoms with van der Waals surface area (Å²) in [5.74, 6) is -0.0841. The van der Waals surface area contributed by atoms with E-state index in [9.17, 15) is 14.4 Å². The van der Waals surface area contributed by atoms with Crippen LogP contribution in [0.2, 0.25) is 0 Å². The van der Waals surface area contributed by atoms with E-state index < -0.39 is 23.7 Å². The summed E-state index contributed by atoms with van der Waals surface area (Å²) in [5, 5.41) is 2.47. The minimum Gasteiger partial charge on any atom is -0.497 e. The molecule has 0 spiro atoms. The molecule has 0 unspecified atom stereocenters. The van der Waals surface area contributed by atoms with Crippen molar-refractivity contribution in [2.45, 2.75) is 51.8 Å². The van der Waals surface area contributed by atoms with Gasteiger partial charge in [-0.2, -0.15) is 0 Å². The largest absolute Gasteiger partial charge is 0.497 e. The van der Waals surface area contributed by atoms with Gasteiger partial charge in [0, 0.05) is 19.5 Å². The van der Waals surface area contributed by atoms with E-state index in [0.717, 1.165) is 11.3 Å². The Balaban J connectivity index is 2.75. The van der Waals surface area contributed by atoms with Crippen LogP contribution in [0.4, 0.5) is 4.79 Å². The molecule has 8 heteroatoms. The number of amides is 2. The first kappa shape index (κ1) is 25.0. The summed E-state index contributed by atoms with van der Waals surface area (Å²) in [5.41, 5.74) is 0.224. The summed E-state index contributed by atoms with van der Waals surface area (Å²) < 4.78 is 15.1. The molecule has 1 N–H and O–H groups in total. The number of benzene rings is 1. The number of methoxy groups -OCH3 is 2. The first-order valence-electron chi connectivity index (χ1n) is 9.68. The molecule has 1 aromatic rings. The number of nitrogens with one attached hydrogen (secondary N) is 1. The fourth-order valence-electron chi connectivity index (χ4n) is 2.63. The first-order chi connectivity index (χ1) is 14.1. The Hall–Kier alpha value is -3.03. The van der Waals surface area contributed by atoms with Crippen LogP contribution in [0.5, 0.6) is 5.75 Å². The average molecular weight is 421 g/mol. The molecule has 0 saturated heterocycles. The van der Waals surface area contributed by atoms with E-state index in [-0.39, 0.29) is 18.7 Å². The minimum absolute atomic E-state index is 0.0412. The summed E-state index contributed by atoms with van der Waals surface area (Å²) >= 11 is 0. The van der Waals surface area contributed by atoms with Crippen molar-refractivity contribution in [3.05, 3.63) is 42.5 Å². The zero-order chi connectivity index (χ0) is 22.7. The van der Waals surface area contributed by atoms with Gasteiger partial charge in [0.15, 0.2) is 0 Å². The third-order valence-electron chi connectivity index (χ3n) is 4.06. The minimum atomic E-state index is -0.986. The number of esters is 1. The van der Waals surface area contributed by atoms with Gasteiger partial charge in [-0.05, 0) is 44.9 Å². The maximum atomic E-state index is 12.7. The molecule has 8 nitrogen and oxygen atoms in total. The Labute approximate surface area is 178 Å². The molecule has 0 fully saturated rings. The SMILES string of the molecule is C=CCN(Cc1ccc(OC)cc1)C(=O)CC[C@H](NC(=O)OC(C)(C)C)C(=O)OC.